The van der Waals surface area contributed by atoms with Gasteiger partial charge in [0.05, 0.1) is 61.9 Å². The van der Waals surface area contributed by atoms with E-state index in [1.165, 1.54) is 121 Å². The van der Waals surface area contributed by atoms with Gasteiger partial charge in [0, 0.05) is 72.1 Å². The fourth-order valence-electron chi connectivity index (χ4n) is 9.90. The van der Waals surface area contributed by atoms with Gasteiger partial charge in [-0.25, -0.2) is 32.6 Å². The molecule has 2 spiro atoms. The lowest BCUT2D eigenvalue weighted by molar-refractivity contribution is -0.124. The van der Waals surface area contributed by atoms with Crippen LogP contribution in [0.3, 0.4) is 0 Å². The van der Waals surface area contributed by atoms with E-state index >= 15 is 0 Å². The highest BCUT2D eigenvalue weighted by Gasteiger charge is 2.61. The fraction of sp³-hybridized carbons (Fsp3) is 0.279. The average molecular weight is 1280 g/mol. The maximum absolute atomic E-state index is 11.9. The molecular formula is C68H76N14O12. The van der Waals surface area contributed by atoms with Crippen LogP contribution in [0.4, 0.5) is 0 Å². The summed E-state index contributed by atoms with van der Waals surface area (Å²) in [5, 5.41) is 62.2. The Bertz CT molecular complexity index is 3870. The van der Waals surface area contributed by atoms with Crippen LogP contribution < -0.4 is 37.3 Å². The molecule has 11 rings (SSSR count). The van der Waals surface area contributed by atoms with E-state index < -0.39 is 5.91 Å². The first-order valence-electron chi connectivity index (χ1n) is 30.0. The number of aromatic amines is 1. The third-order valence-electron chi connectivity index (χ3n) is 15.7. The highest BCUT2D eigenvalue weighted by molar-refractivity contribution is 5.98. The molecule has 7 aromatic rings. The summed E-state index contributed by atoms with van der Waals surface area (Å²) >= 11 is 0. The van der Waals surface area contributed by atoms with E-state index in [0.29, 0.717) is 50.2 Å². The second-order valence-electron chi connectivity index (χ2n) is 22.7. The quantitative estimate of drug-likeness (QED) is 0.0283. The Morgan fingerprint density at radius 1 is 0.585 bits per heavy atom. The van der Waals surface area contributed by atoms with E-state index in [9.17, 15) is 49.2 Å². The molecule has 490 valence electrons. The molecule has 11 N–H and O–H groups in total. The molecular weight excluding hydrogens is 1200 g/mol. The van der Waals surface area contributed by atoms with Gasteiger partial charge in [0.15, 0.2) is 11.5 Å². The maximum Gasteiger partial charge on any atom is 0.275 e. The third-order valence-corrected chi connectivity index (χ3v) is 15.7. The van der Waals surface area contributed by atoms with E-state index in [4.69, 9.17) is 9.15 Å². The number of amides is 6. The van der Waals surface area contributed by atoms with Crippen LogP contribution >= 0.6 is 0 Å². The lowest BCUT2D eigenvalue weighted by Gasteiger charge is -2.25. The number of ether oxygens (including phenoxy) is 1. The standard InChI is InChI=1S/C15H20N4O3.C15H18N2O2.C14H13N3O3.C12H11N3O2.C12H14N2O2/c1-9(2)12-5-13(7-16-18-10(3)20)15(22)14(6-12)8-17-19-11(4)21;1-10-4-2-5-11(13(10)18)9-16-17-14(19)12-8-15(12)6-3-7-15;1-20-12-4-2-3-11(13(12)18)9-16-17-14(19)10-5-7-15-8-6-10;16-11-6-2-1-5-10(11)12(17)15-14-8-9-4-3-7-13-9;15-11(10-7-12(10)4-2-5-12)14-13-8-9-3-1-6-16-9/h5-9,22H,1-4H3,(H,18,20)(H,19,21);2,4-5,9,12,18H,3,6-8H2,1H3,(H,17,19);2-9,18H,1H3,(H,17,19);1-8,13,16H,(H,15,17);1,3,6,8,10H,2,4-5,7H2,(H,14,15)/b16-7+,17-8+;2*16-9+;14-8+;13-8+. The Kier molecular flexibility index (Phi) is 25.3. The minimum Gasteiger partial charge on any atom is -0.507 e. The van der Waals surface area contributed by atoms with Crippen LogP contribution in [0.15, 0.2) is 169 Å². The van der Waals surface area contributed by atoms with Gasteiger partial charge in [-0.05, 0) is 152 Å². The van der Waals surface area contributed by atoms with Gasteiger partial charge in [-0.3, -0.25) is 33.8 Å². The van der Waals surface area contributed by atoms with Gasteiger partial charge in [-0.2, -0.15) is 30.6 Å². The number of hydrogen-bond donors (Lipinski definition) is 11. The summed E-state index contributed by atoms with van der Waals surface area (Å²) in [7, 11) is 1.46. The first-order valence-corrected chi connectivity index (χ1v) is 30.0. The Hall–Kier alpha value is -11.6. The molecule has 0 aliphatic heterocycles. The predicted molar refractivity (Wildman–Crippen MR) is 355 cm³/mol. The molecule has 4 saturated carbocycles. The summed E-state index contributed by atoms with van der Waals surface area (Å²) in [5.41, 5.74) is 20.2. The number of rotatable bonds is 18. The molecule has 26 heteroatoms. The van der Waals surface area contributed by atoms with Crippen molar-refractivity contribution in [3.05, 3.63) is 190 Å². The topological polar surface area (TPSA) is 381 Å². The van der Waals surface area contributed by atoms with Gasteiger partial charge in [0.2, 0.25) is 23.6 Å². The van der Waals surface area contributed by atoms with E-state index in [2.05, 4.69) is 73.1 Å². The van der Waals surface area contributed by atoms with Crippen molar-refractivity contribution >= 4 is 72.7 Å². The van der Waals surface area contributed by atoms with Crippen molar-refractivity contribution in [3.8, 4) is 28.7 Å². The Labute approximate surface area is 542 Å². The molecule has 2 unspecified atom stereocenters. The van der Waals surface area contributed by atoms with Crippen molar-refractivity contribution in [2.24, 2.45) is 53.3 Å². The lowest BCUT2D eigenvalue weighted by Crippen LogP contribution is -2.26. The van der Waals surface area contributed by atoms with Crippen molar-refractivity contribution in [1.82, 2.24) is 42.5 Å². The first kappa shape index (κ1) is 69.9. The molecule has 4 fully saturated rings. The highest BCUT2D eigenvalue weighted by atomic mass is 16.5. The number of furan rings is 1. The normalized spacial score (nSPS) is 15.9. The summed E-state index contributed by atoms with van der Waals surface area (Å²) < 4.78 is 10.0. The van der Waals surface area contributed by atoms with Crippen molar-refractivity contribution in [2.45, 2.75) is 91.9 Å². The number of nitrogens with one attached hydrogen (secondary N) is 7. The molecule has 2 atom stereocenters. The number of nitrogens with zero attached hydrogens (tertiary/aromatic N) is 7. The summed E-state index contributed by atoms with van der Waals surface area (Å²) in [6.45, 7) is 8.53. The molecule has 4 aromatic carbocycles. The van der Waals surface area contributed by atoms with E-state index in [1.54, 1.807) is 85.3 Å². The summed E-state index contributed by atoms with van der Waals surface area (Å²) in [6.07, 6.45) is 24.3. The number of phenols is 4. The largest absolute Gasteiger partial charge is 0.507 e. The number of pyridine rings is 1. The summed E-state index contributed by atoms with van der Waals surface area (Å²) in [4.78, 5) is 75.2. The Morgan fingerprint density at radius 3 is 1.63 bits per heavy atom. The number of hydrogen-bond acceptors (Lipinski definition) is 19. The molecule has 4 aliphatic rings. The monoisotopic (exact) mass is 1280 g/mol. The molecule has 94 heavy (non-hydrogen) atoms. The van der Waals surface area contributed by atoms with Crippen LogP contribution in [-0.2, 0) is 19.2 Å². The van der Waals surface area contributed by atoms with Gasteiger partial charge in [0.1, 0.15) is 23.0 Å². The predicted octanol–water partition coefficient (Wildman–Crippen LogP) is 8.76. The van der Waals surface area contributed by atoms with Crippen LogP contribution in [0, 0.1) is 29.6 Å². The highest BCUT2D eigenvalue weighted by Crippen LogP contribution is 2.66. The van der Waals surface area contributed by atoms with Crippen molar-refractivity contribution in [1.29, 1.82) is 0 Å². The number of methoxy groups -OCH3 is 1. The molecule has 26 nitrogen and oxygen atoms in total. The molecule has 3 aromatic heterocycles. The van der Waals surface area contributed by atoms with Crippen molar-refractivity contribution < 1.29 is 58.3 Å². The van der Waals surface area contributed by atoms with Crippen molar-refractivity contribution in [3.63, 3.8) is 0 Å². The molecule has 3 heterocycles. The summed E-state index contributed by atoms with van der Waals surface area (Å²) in [5.74, 6) is 0.311. The van der Waals surface area contributed by atoms with Crippen LogP contribution in [0.5, 0.6) is 28.7 Å². The number of carbonyl (C=O) groups is 6. The number of hydrazone groups is 6. The second-order valence-corrected chi connectivity index (χ2v) is 22.7. The number of carbonyl (C=O) groups excluding carboxylic acids is 6. The van der Waals surface area contributed by atoms with Gasteiger partial charge in [0.25, 0.3) is 11.8 Å². The van der Waals surface area contributed by atoms with Gasteiger partial charge < -0.3 is 34.6 Å². The number of benzene rings is 4. The number of aromatic hydroxyl groups is 4. The zero-order chi connectivity index (χ0) is 67.6. The van der Waals surface area contributed by atoms with Gasteiger partial charge in [-0.15, -0.1) is 0 Å². The zero-order valence-corrected chi connectivity index (χ0v) is 52.7. The van der Waals surface area contributed by atoms with E-state index in [1.807, 2.05) is 45.0 Å². The number of aryl methyl sites for hydroxylation is 1. The minimum absolute atomic E-state index is 0.0168. The Morgan fingerprint density at radius 2 is 1.12 bits per heavy atom. The lowest BCUT2D eigenvalue weighted by atomic mass is 9.80. The fourth-order valence-corrected chi connectivity index (χ4v) is 9.90. The molecule has 4 aliphatic carbocycles. The number of H-pyrrole nitrogens is 1. The van der Waals surface area contributed by atoms with Crippen LogP contribution in [-0.4, -0.2) is 110 Å². The molecule has 0 saturated heterocycles. The van der Waals surface area contributed by atoms with E-state index in [-0.39, 0.29) is 75.9 Å². The number of phenolic OH excluding ortho intramolecular Hbond substituents is 4. The summed E-state index contributed by atoms with van der Waals surface area (Å²) in [6, 6.07) is 30.7. The van der Waals surface area contributed by atoms with Crippen LogP contribution in [0.2, 0.25) is 0 Å². The van der Waals surface area contributed by atoms with Crippen LogP contribution in [0.25, 0.3) is 0 Å². The van der Waals surface area contributed by atoms with Gasteiger partial charge in [-0.1, -0.05) is 57.0 Å². The van der Waals surface area contributed by atoms with Crippen molar-refractivity contribution in [2.75, 3.05) is 7.11 Å². The minimum atomic E-state index is -0.453. The van der Waals surface area contributed by atoms with E-state index in [0.717, 1.165) is 29.7 Å². The zero-order valence-electron chi connectivity index (χ0n) is 52.7. The number of para-hydroxylation sites is 3. The Balaban J connectivity index is 0.000000167. The molecule has 0 radical (unpaired) electrons. The smallest absolute Gasteiger partial charge is 0.275 e. The van der Waals surface area contributed by atoms with Gasteiger partial charge >= 0.3 is 0 Å². The molecule has 6 amide bonds. The third kappa shape index (κ3) is 20.5. The second kappa shape index (κ2) is 34.0. The average Bonchev–Trinajstić information content (AvgIpc) is 1.58. The first-order chi connectivity index (χ1) is 45.2. The van der Waals surface area contributed by atoms with Crippen LogP contribution in [0.1, 0.15) is 151 Å². The number of aromatic nitrogens is 2. The maximum atomic E-state index is 11.9. The molecule has 0 bridgehead atoms. The SMILES string of the molecule is CC(=O)N/N=C/c1cc(C(C)C)cc(/C=N/NC(C)=O)c1O.COc1cccc(/C=N/NC(=O)c2ccncc2)c1O.Cc1cccc(/C=N/NC(=O)C2CC23CCC3)c1O.O=C(N/N=C/c1ccc[nH]1)c1ccccc1O.O=C(N/N=C/c1ccco1)C1CC12CCC2.